The van der Waals surface area contributed by atoms with E-state index >= 15 is 0 Å². The van der Waals surface area contributed by atoms with Gasteiger partial charge in [-0.15, -0.1) is 10.2 Å². The molecule has 0 aliphatic carbocycles. The molecule has 2 aliphatic heterocycles. The van der Waals surface area contributed by atoms with E-state index in [1.165, 1.54) is 17.1 Å². The first kappa shape index (κ1) is 21.0. The van der Waals surface area contributed by atoms with Crippen LogP contribution in [-0.2, 0) is 4.79 Å². The Hall–Kier alpha value is -2.87. The van der Waals surface area contributed by atoms with E-state index in [0.29, 0.717) is 5.91 Å². The number of nitrogens with zero attached hydrogens (tertiary/aromatic N) is 6. The van der Waals surface area contributed by atoms with Crippen LogP contribution in [0, 0.1) is 19.8 Å². The van der Waals surface area contributed by atoms with Crippen molar-refractivity contribution in [3.05, 3.63) is 53.9 Å². The van der Waals surface area contributed by atoms with E-state index < -0.39 is 0 Å². The summed E-state index contributed by atoms with van der Waals surface area (Å²) in [4.78, 5) is 19.9. The molecule has 2 fully saturated rings. The summed E-state index contributed by atoms with van der Waals surface area (Å²) in [5.74, 6) is 0.449. The minimum absolute atomic E-state index is 0.121. The first-order valence-corrected chi connectivity index (χ1v) is 12.2. The molecule has 0 radical (unpaired) electrons. The summed E-state index contributed by atoms with van der Waals surface area (Å²) in [7, 11) is 0. The zero-order valence-electron chi connectivity index (χ0n) is 18.8. The molecule has 2 aromatic heterocycles. The van der Waals surface area contributed by atoms with E-state index in [-0.39, 0.29) is 5.92 Å². The molecule has 0 saturated carbocycles. The molecule has 2 aliphatic rings. The molecule has 1 amide bonds. The van der Waals surface area contributed by atoms with Crippen LogP contribution in [0.15, 0.2) is 42.5 Å². The maximum atomic E-state index is 13.1. The topological polar surface area (TPSA) is 57.5 Å². The van der Waals surface area contributed by atoms with Crippen molar-refractivity contribution in [3.63, 3.8) is 0 Å². The lowest BCUT2D eigenvalue weighted by Gasteiger charge is -2.39. The van der Waals surface area contributed by atoms with Crippen LogP contribution in [0.1, 0.15) is 24.2 Å². The number of aromatic nitrogens is 3. The third kappa shape index (κ3) is 4.11. The summed E-state index contributed by atoms with van der Waals surface area (Å²) in [6, 6.07) is 14.7. The molecule has 4 heterocycles. The highest BCUT2D eigenvalue weighted by molar-refractivity contribution is 7.17. The van der Waals surface area contributed by atoms with E-state index in [1.54, 1.807) is 11.3 Å². The number of hydrogen-bond acceptors (Lipinski definition) is 6. The number of amides is 1. The smallest absolute Gasteiger partial charge is 0.225 e. The van der Waals surface area contributed by atoms with Crippen LogP contribution in [-0.4, -0.2) is 64.8 Å². The molecular formula is C24H30N6OS. The van der Waals surface area contributed by atoms with Crippen LogP contribution in [0.4, 0.5) is 10.8 Å². The van der Waals surface area contributed by atoms with Crippen molar-refractivity contribution in [2.45, 2.75) is 26.7 Å². The zero-order valence-corrected chi connectivity index (χ0v) is 19.6. The molecule has 1 aromatic carbocycles. The van der Waals surface area contributed by atoms with Gasteiger partial charge in [-0.05, 0) is 51.0 Å². The third-order valence-corrected chi connectivity index (χ3v) is 7.66. The van der Waals surface area contributed by atoms with Crippen LogP contribution < -0.4 is 9.80 Å². The van der Waals surface area contributed by atoms with Crippen LogP contribution in [0.2, 0.25) is 0 Å². The predicted octanol–water partition coefficient (Wildman–Crippen LogP) is 3.51. The molecule has 3 aromatic rings. The predicted molar refractivity (Wildman–Crippen MR) is 129 cm³/mol. The molecule has 0 bridgehead atoms. The van der Waals surface area contributed by atoms with E-state index in [0.717, 1.165) is 62.4 Å². The van der Waals surface area contributed by atoms with Crippen molar-refractivity contribution < 1.29 is 4.79 Å². The molecule has 0 unspecified atom stereocenters. The van der Waals surface area contributed by atoms with Crippen molar-refractivity contribution in [3.8, 4) is 5.13 Å². The van der Waals surface area contributed by atoms with E-state index in [4.69, 9.17) is 0 Å². The van der Waals surface area contributed by atoms with Crippen LogP contribution >= 0.6 is 11.3 Å². The number of carbonyl (C=O) groups is 1. The van der Waals surface area contributed by atoms with Gasteiger partial charge in [-0.1, -0.05) is 29.5 Å². The Morgan fingerprint density at radius 2 is 1.44 bits per heavy atom. The Kier molecular flexibility index (Phi) is 5.87. The number of hydrogen-bond donors (Lipinski definition) is 0. The fourth-order valence-electron chi connectivity index (χ4n) is 4.80. The van der Waals surface area contributed by atoms with Crippen molar-refractivity contribution in [2.75, 3.05) is 49.1 Å². The minimum atomic E-state index is 0.121. The van der Waals surface area contributed by atoms with E-state index in [9.17, 15) is 4.79 Å². The van der Waals surface area contributed by atoms with Gasteiger partial charge in [0.25, 0.3) is 0 Å². The van der Waals surface area contributed by atoms with Crippen LogP contribution in [0.25, 0.3) is 5.13 Å². The maximum absolute atomic E-state index is 13.1. The largest absolute Gasteiger partial charge is 0.368 e. The third-order valence-electron chi connectivity index (χ3n) is 6.69. The Labute approximate surface area is 193 Å². The van der Waals surface area contributed by atoms with Gasteiger partial charge in [0.2, 0.25) is 16.2 Å². The van der Waals surface area contributed by atoms with Gasteiger partial charge in [0.1, 0.15) is 0 Å². The molecule has 168 valence electrons. The second-order valence-electron chi connectivity index (χ2n) is 8.73. The van der Waals surface area contributed by atoms with Crippen molar-refractivity contribution in [2.24, 2.45) is 5.92 Å². The quantitative estimate of drug-likeness (QED) is 0.609. The lowest BCUT2D eigenvalue weighted by molar-refractivity contribution is -0.136. The van der Waals surface area contributed by atoms with Crippen LogP contribution in [0.5, 0.6) is 0 Å². The minimum Gasteiger partial charge on any atom is -0.368 e. The number of para-hydroxylation sites is 1. The van der Waals surface area contributed by atoms with Gasteiger partial charge in [0.05, 0.1) is 0 Å². The fourth-order valence-corrected chi connectivity index (χ4v) is 5.81. The summed E-state index contributed by atoms with van der Waals surface area (Å²) in [5.41, 5.74) is 3.58. The SMILES string of the molecule is Cc1ccc(C)n1-c1nnc(N2CCC(C(=O)N3CCN(c4ccccc4)CC3)CC2)s1. The van der Waals surface area contributed by atoms with Crippen LogP contribution in [0.3, 0.4) is 0 Å². The zero-order chi connectivity index (χ0) is 22.1. The average molecular weight is 451 g/mol. The molecule has 0 spiro atoms. The molecular weight excluding hydrogens is 420 g/mol. The van der Waals surface area contributed by atoms with Gasteiger partial charge in [0.15, 0.2) is 0 Å². The summed E-state index contributed by atoms with van der Waals surface area (Å²) in [5, 5.41) is 10.7. The summed E-state index contributed by atoms with van der Waals surface area (Å²) in [6.45, 7) is 9.32. The fraction of sp³-hybridized carbons (Fsp3) is 0.458. The van der Waals surface area contributed by atoms with Crippen molar-refractivity contribution in [1.29, 1.82) is 0 Å². The van der Waals surface area contributed by atoms with Gasteiger partial charge < -0.3 is 14.7 Å². The van der Waals surface area contributed by atoms with E-state index in [2.05, 4.69) is 79.7 Å². The normalized spacial score (nSPS) is 17.8. The second-order valence-corrected chi connectivity index (χ2v) is 9.66. The number of aryl methyl sites for hydroxylation is 2. The molecule has 7 nitrogen and oxygen atoms in total. The Bertz CT molecular complexity index is 1040. The van der Waals surface area contributed by atoms with Gasteiger partial charge in [0, 0.05) is 62.3 Å². The Morgan fingerprint density at radius 1 is 0.812 bits per heavy atom. The average Bonchev–Trinajstić information content (AvgIpc) is 3.45. The molecule has 0 N–H and O–H groups in total. The van der Waals surface area contributed by atoms with Gasteiger partial charge in [-0.2, -0.15) is 0 Å². The standard InChI is InChI=1S/C24H30N6OS/c1-18-8-9-19(2)30(18)24-26-25-23(32-24)29-12-10-20(11-13-29)22(31)28-16-14-27(15-17-28)21-6-4-3-5-7-21/h3-9,20H,10-17H2,1-2H3. The van der Waals surface area contributed by atoms with Gasteiger partial charge in [-0.25, -0.2) is 0 Å². The molecule has 2 saturated heterocycles. The van der Waals surface area contributed by atoms with E-state index in [1.807, 2.05) is 6.07 Å². The molecule has 0 atom stereocenters. The number of carbonyl (C=O) groups excluding carboxylic acids is 1. The number of benzene rings is 1. The highest BCUT2D eigenvalue weighted by Gasteiger charge is 2.31. The van der Waals surface area contributed by atoms with Crippen molar-refractivity contribution in [1.82, 2.24) is 19.7 Å². The lowest BCUT2D eigenvalue weighted by Crippen LogP contribution is -2.51. The molecule has 8 heteroatoms. The Balaban J connectivity index is 1.15. The number of rotatable bonds is 4. The monoisotopic (exact) mass is 450 g/mol. The summed E-state index contributed by atoms with van der Waals surface area (Å²) >= 11 is 1.63. The van der Waals surface area contributed by atoms with Crippen molar-refractivity contribution >= 4 is 28.1 Å². The number of anilines is 2. The highest BCUT2D eigenvalue weighted by atomic mass is 32.1. The first-order chi connectivity index (χ1) is 15.6. The maximum Gasteiger partial charge on any atom is 0.225 e. The lowest BCUT2D eigenvalue weighted by atomic mass is 9.95. The Morgan fingerprint density at radius 3 is 2.09 bits per heavy atom. The summed E-state index contributed by atoms with van der Waals surface area (Å²) in [6.07, 6.45) is 1.77. The van der Waals surface area contributed by atoms with Gasteiger partial charge >= 0.3 is 0 Å². The molecule has 5 rings (SSSR count). The number of piperidine rings is 1. The first-order valence-electron chi connectivity index (χ1n) is 11.4. The molecule has 32 heavy (non-hydrogen) atoms. The summed E-state index contributed by atoms with van der Waals surface area (Å²) < 4.78 is 2.15. The second kappa shape index (κ2) is 8.94. The van der Waals surface area contributed by atoms with Gasteiger partial charge in [-0.3, -0.25) is 9.36 Å². The highest BCUT2D eigenvalue weighted by Crippen LogP contribution is 2.30. The number of piperazine rings is 1.